The van der Waals surface area contributed by atoms with Gasteiger partial charge in [-0.05, 0) is 48.2 Å². The van der Waals surface area contributed by atoms with Crippen molar-refractivity contribution >= 4 is 45.3 Å². The fourth-order valence-electron chi connectivity index (χ4n) is 4.38. The fraction of sp³-hybridized carbons (Fsp3) is 0.267. The van der Waals surface area contributed by atoms with E-state index in [1.54, 1.807) is 0 Å². The van der Waals surface area contributed by atoms with Gasteiger partial charge in [-0.3, -0.25) is 9.59 Å². The molecule has 10 heteroatoms. The van der Waals surface area contributed by atoms with E-state index in [-0.39, 0.29) is 23.7 Å². The molecule has 2 atom stereocenters. The molecule has 3 aromatic carbocycles. The highest BCUT2D eigenvalue weighted by molar-refractivity contribution is 5.98. The molecule has 5 aromatic rings. The quantitative estimate of drug-likeness (QED) is 0.169. The number of amides is 2. The molecule has 2 heterocycles. The lowest BCUT2D eigenvalue weighted by atomic mass is 10.0. The van der Waals surface area contributed by atoms with Crippen LogP contribution in [-0.2, 0) is 9.59 Å². The molecule has 0 fully saturated rings. The van der Waals surface area contributed by atoms with Gasteiger partial charge < -0.3 is 32.1 Å². The van der Waals surface area contributed by atoms with Crippen molar-refractivity contribution in [1.82, 2.24) is 19.9 Å². The van der Waals surface area contributed by atoms with Crippen molar-refractivity contribution in [2.75, 3.05) is 10.6 Å². The number of benzene rings is 3. The first kappa shape index (κ1) is 27.0. The molecule has 0 aliphatic rings. The number of nitrogens with zero attached hydrogens (tertiary/aromatic N) is 2. The molecular weight excluding hydrogens is 504 g/mol. The third-order valence-corrected chi connectivity index (χ3v) is 6.98. The molecule has 0 bridgehead atoms. The van der Waals surface area contributed by atoms with E-state index in [1.165, 1.54) is 0 Å². The number of H-pyrrole nitrogens is 2. The van der Waals surface area contributed by atoms with Crippen LogP contribution in [0, 0.1) is 11.8 Å². The lowest BCUT2D eigenvalue weighted by molar-refractivity contribution is -0.119. The first-order chi connectivity index (χ1) is 19.1. The van der Waals surface area contributed by atoms with E-state index in [0.717, 1.165) is 33.2 Å². The largest absolute Gasteiger partial charge is 0.338 e. The predicted molar refractivity (Wildman–Crippen MR) is 160 cm³/mol. The number of fused-ring (bicyclic) bond motifs is 2. The summed E-state index contributed by atoms with van der Waals surface area (Å²) in [7, 11) is 0. The van der Waals surface area contributed by atoms with Crippen molar-refractivity contribution in [3.8, 4) is 22.8 Å². The standard InChI is InChI=1S/C30H34N8O2/c1-15(2)25(31)29(39)33-17-9-11-21-23(13-17)37-27(35-21)19-7-5-6-8-20(19)28-36-22-12-10-18(14-24(22)38-28)34-30(40)26(32)16(3)4/h5-16,25-26H,31-32H2,1-4H3,(H,33,39)(H,34,40)(H,35,37)(H,36,38). The topological polar surface area (TPSA) is 168 Å². The normalized spacial score (nSPS) is 13.2. The zero-order chi connectivity index (χ0) is 28.6. The summed E-state index contributed by atoms with van der Waals surface area (Å²) in [5.41, 5.74) is 18.1. The molecule has 10 nitrogen and oxygen atoms in total. The molecule has 206 valence electrons. The van der Waals surface area contributed by atoms with Crippen LogP contribution < -0.4 is 22.1 Å². The minimum atomic E-state index is -0.589. The summed E-state index contributed by atoms with van der Waals surface area (Å²) in [4.78, 5) is 41.2. The molecule has 0 saturated carbocycles. The van der Waals surface area contributed by atoms with E-state index in [9.17, 15) is 9.59 Å². The van der Waals surface area contributed by atoms with E-state index >= 15 is 0 Å². The van der Waals surface area contributed by atoms with Gasteiger partial charge in [-0.25, -0.2) is 9.97 Å². The molecule has 40 heavy (non-hydrogen) atoms. The predicted octanol–water partition coefficient (Wildman–Crippen LogP) is 4.62. The van der Waals surface area contributed by atoms with Gasteiger partial charge in [0.05, 0.1) is 34.2 Å². The molecule has 0 aliphatic carbocycles. The summed E-state index contributed by atoms with van der Waals surface area (Å²) in [6.45, 7) is 7.65. The van der Waals surface area contributed by atoms with Gasteiger partial charge in [-0.2, -0.15) is 0 Å². The van der Waals surface area contributed by atoms with E-state index in [2.05, 4.69) is 20.6 Å². The molecule has 8 N–H and O–H groups in total. The Bertz CT molecular complexity index is 1580. The van der Waals surface area contributed by atoms with Gasteiger partial charge in [-0.1, -0.05) is 52.0 Å². The van der Waals surface area contributed by atoms with Gasteiger partial charge in [0, 0.05) is 22.5 Å². The molecule has 2 amide bonds. The Morgan fingerprint density at radius 3 is 1.45 bits per heavy atom. The van der Waals surface area contributed by atoms with Crippen molar-refractivity contribution in [2.24, 2.45) is 23.3 Å². The monoisotopic (exact) mass is 538 g/mol. The van der Waals surface area contributed by atoms with Crippen LogP contribution in [0.4, 0.5) is 11.4 Å². The van der Waals surface area contributed by atoms with E-state index in [1.807, 2.05) is 88.4 Å². The number of nitrogens with one attached hydrogen (secondary N) is 4. The average Bonchev–Trinajstić information content (AvgIpc) is 3.55. The number of rotatable bonds is 8. The highest BCUT2D eigenvalue weighted by Crippen LogP contribution is 2.32. The molecule has 0 radical (unpaired) electrons. The highest BCUT2D eigenvalue weighted by atomic mass is 16.2. The van der Waals surface area contributed by atoms with Crippen molar-refractivity contribution in [3.05, 3.63) is 60.7 Å². The summed E-state index contributed by atoms with van der Waals surface area (Å²) in [6.07, 6.45) is 0. The number of aromatic amines is 2. The summed E-state index contributed by atoms with van der Waals surface area (Å²) in [5, 5.41) is 5.77. The Hall–Kier alpha value is -4.54. The summed E-state index contributed by atoms with van der Waals surface area (Å²) in [5.74, 6) is 0.953. The SMILES string of the molecule is CC(C)C(N)C(=O)Nc1ccc2nc(-c3ccccc3-c3nc4ccc(NC(=O)C(N)C(C)C)cc4[nH]3)[nH]c2c1. The van der Waals surface area contributed by atoms with Gasteiger partial charge in [0.15, 0.2) is 0 Å². The van der Waals surface area contributed by atoms with Crippen LogP contribution in [0.5, 0.6) is 0 Å². The molecule has 2 aromatic heterocycles. The first-order valence-corrected chi connectivity index (χ1v) is 13.3. The third kappa shape index (κ3) is 5.45. The van der Waals surface area contributed by atoms with Crippen molar-refractivity contribution in [2.45, 2.75) is 39.8 Å². The van der Waals surface area contributed by atoms with E-state index < -0.39 is 12.1 Å². The number of carbonyl (C=O) groups is 2. The number of aromatic nitrogens is 4. The summed E-state index contributed by atoms with van der Waals surface area (Å²) >= 11 is 0. The Balaban J connectivity index is 1.44. The van der Waals surface area contributed by atoms with Gasteiger partial charge in [0.2, 0.25) is 11.8 Å². The summed E-state index contributed by atoms with van der Waals surface area (Å²) < 4.78 is 0. The van der Waals surface area contributed by atoms with Crippen LogP contribution in [0.2, 0.25) is 0 Å². The molecule has 0 saturated heterocycles. The van der Waals surface area contributed by atoms with Crippen molar-refractivity contribution < 1.29 is 9.59 Å². The van der Waals surface area contributed by atoms with Gasteiger partial charge >= 0.3 is 0 Å². The number of anilines is 2. The third-order valence-electron chi connectivity index (χ3n) is 6.98. The first-order valence-electron chi connectivity index (χ1n) is 13.3. The number of hydrogen-bond acceptors (Lipinski definition) is 6. The molecule has 5 rings (SSSR count). The second-order valence-corrected chi connectivity index (χ2v) is 10.7. The zero-order valence-corrected chi connectivity index (χ0v) is 22.9. The minimum Gasteiger partial charge on any atom is -0.338 e. The molecule has 0 aliphatic heterocycles. The average molecular weight is 539 g/mol. The maximum absolute atomic E-state index is 12.4. The maximum atomic E-state index is 12.4. The second-order valence-electron chi connectivity index (χ2n) is 10.7. The van der Waals surface area contributed by atoms with Crippen LogP contribution in [0.15, 0.2) is 60.7 Å². The highest BCUT2D eigenvalue weighted by Gasteiger charge is 2.20. The molecule has 2 unspecified atom stereocenters. The minimum absolute atomic E-state index is 0.0331. The Labute approximate surface area is 232 Å². The van der Waals surface area contributed by atoms with E-state index in [0.29, 0.717) is 23.0 Å². The van der Waals surface area contributed by atoms with Crippen LogP contribution >= 0.6 is 0 Å². The number of carbonyl (C=O) groups excluding carboxylic acids is 2. The van der Waals surface area contributed by atoms with E-state index in [4.69, 9.17) is 21.4 Å². The van der Waals surface area contributed by atoms with Crippen molar-refractivity contribution in [1.29, 1.82) is 0 Å². The summed E-state index contributed by atoms with van der Waals surface area (Å²) in [6, 6.07) is 17.7. The van der Waals surface area contributed by atoms with Crippen LogP contribution in [0.1, 0.15) is 27.7 Å². The molecule has 0 spiro atoms. The van der Waals surface area contributed by atoms with Crippen molar-refractivity contribution in [3.63, 3.8) is 0 Å². The zero-order valence-electron chi connectivity index (χ0n) is 22.9. The fourth-order valence-corrected chi connectivity index (χ4v) is 4.38. The number of imidazole rings is 2. The maximum Gasteiger partial charge on any atom is 0.241 e. The Morgan fingerprint density at radius 2 is 1.07 bits per heavy atom. The van der Waals surface area contributed by atoms with Gasteiger partial charge in [0.25, 0.3) is 0 Å². The van der Waals surface area contributed by atoms with Gasteiger partial charge in [0.1, 0.15) is 11.6 Å². The Morgan fingerprint density at radius 1 is 0.675 bits per heavy atom. The van der Waals surface area contributed by atoms with Gasteiger partial charge in [-0.15, -0.1) is 0 Å². The number of hydrogen-bond donors (Lipinski definition) is 6. The lowest BCUT2D eigenvalue weighted by Gasteiger charge is -2.15. The number of nitrogens with two attached hydrogens (primary N) is 2. The van der Waals surface area contributed by atoms with Crippen LogP contribution in [0.3, 0.4) is 0 Å². The van der Waals surface area contributed by atoms with Crippen LogP contribution in [-0.4, -0.2) is 43.8 Å². The van der Waals surface area contributed by atoms with Crippen LogP contribution in [0.25, 0.3) is 44.8 Å². The lowest BCUT2D eigenvalue weighted by Crippen LogP contribution is -2.39. The Kier molecular flexibility index (Phi) is 7.38. The smallest absolute Gasteiger partial charge is 0.241 e. The second kappa shape index (κ2) is 10.9. The molecular formula is C30H34N8O2.